The molecule has 0 unspecified atom stereocenters. The average molecular weight is 277 g/mol. The molecule has 2 rings (SSSR count). The average Bonchev–Trinajstić information content (AvgIpc) is 2.32. The SMILES string of the molecule is CC(=O)c1ccc(NC2CC(N(C)C)C2)c([N+](=O)[O-])c1. The topological polar surface area (TPSA) is 75.5 Å². The maximum Gasteiger partial charge on any atom is 0.293 e. The summed E-state index contributed by atoms with van der Waals surface area (Å²) in [5.41, 5.74) is 0.815. The van der Waals surface area contributed by atoms with Gasteiger partial charge in [-0.2, -0.15) is 0 Å². The minimum Gasteiger partial charge on any atom is -0.377 e. The number of Topliss-reactive ketones (excluding diaryl/α,β-unsaturated/α-hetero) is 1. The van der Waals surface area contributed by atoms with Crippen molar-refractivity contribution in [1.29, 1.82) is 0 Å². The van der Waals surface area contributed by atoms with Crippen molar-refractivity contribution >= 4 is 17.2 Å². The summed E-state index contributed by atoms with van der Waals surface area (Å²) in [6.07, 6.45) is 1.94. The highest BCUT2D eigenvalue weighted by Gasteiger charge is 2.31. The summed E-state index contributed by atoms with van der Waals surface area (Å²) >= 11 is 0. The van der Waals surface area contributed by atoms with Gasteiger partial charge in [-0.15, -0.1) is 0 Å². The van der Waals surface area contributed by atoms with Crippen LogP contribution in [0.5, 0.6) is 0 Å². The van der Waals surface area contributed by atoms with Crippen LogP contribution in [0.2, 0.25) is 0 Å². The molecule has 0 amide bonds. The number of hydrogen-bond acceptors (Lipinski definition) is 5. The summed E-state index contributed by atoms with van der Waals surface area (Å²) in [4.78, 5) is 24.1. The van der Waals surface area contributed by atoms with E-state index >= 15 is 0 Å². The lowest BCUT2D eigenvalue weighted by molar-refractivity contribution is -0.384. The maximum atomic E-state index is 11.3. The second kappa shape index (κ2) is 5.58. The second-order valence-electron chi connectivity index (χ2n) is 5.48. The van der Waals surface area contributed by atoms with Crippen LogP contribution in [-0.2, 0) is 0 Å². The molecule has 0 aromatic heterocycles. The van der Waals surface area contributed by atoms with Crippen LogP contribution in [0.1, 0.15) is 30.1 Å². The van der Waals surface area contributed by atoms with Crippen LogP contribution in [0.15, 0.2) is 18.2 Å². The number of hydrogen-bond donors (Lipinski definition) is 1. The molecule has 6 nitrogen and oxygen atoms in total. The Morgan fingerprint density at radius 1 is 1.40 bits per heavy atom. The van der Waals surface area contributed by atoms with Gasteiger partial charge in [-0.05, 0) is 46.0 Å². The van der Waals surface area contributed by atoms with Crippen LogP contribution >= 0.6 is 0 Å². The Hall–Kier alpha value is -1.95. The van der Waals surface area contributed by atoms with Gasteiger partial charge in [0.05, 0.1) is 4.92 Å². The third-order valence-corrected chi connectivity index (χ3v) is 3.80. The number of benzene rings is 1. The summed E-state index contributed by atoms with van der Waals surface area (Å²) in [7, 11) is 4.07. The first-order valence-corrected chi connectivity index (χ1v) is 6.61. The highest BCUT2D eigenvalue weighted by molar-refractivity contribution is 5.95. The minimum absolute atomic E-state index is 0.0361. The van der Waals surface area contributed by atoms with E-state index in [1.807, 2.05) is 14.1 Å². The zero-order valence-electron chi connectivity index (χ0n) is 11.9. The van der Waals surface area contributed by atoms with Crippen molar-refractivity contribution < 1.29 is 9.72 Å². The Morgan fingerprint density at radius 2 is 2.05 bits per heavy atom. The smallest absolute Gasteiger partial charge is 0.293 e. The van der Waals surface area contributed by atoms with Crippen LogP contribution in [0.25, 0.3) is 0 Å². The fraction of sp³-hybridized carbons (Fsp3) is 0.500. The predicted octanol–water partition coefficient (Wildman–Crippen LogP) is 2.30. The first-order chi connectivity index (χ1) is 9.38. The van der Waals surface area contributed by atoms with E-state index in [2.05, 4.69) is 10.2 Å². The molecule has 1 aromatic rings. The van der Waals surface area contributed by atoms with E-state index in [1.165, 1.54) is 13.0 Å². The molecule has 0 radical (unpaired) electrons. The van der Waals surface area contributed by atoms with E-state index in [0.29, 0.717) is 17.3 Å². The lowest BCUT2D eigenvalue weighted by Crippen LogP contribution is -2.47. The van der Waals surface area contributed by atoms with Gasteiger partial charge in [-0.3, -0.25) is 14.9 Å². The van der Waals surface area contributed by atoms with Crippen LogP contribution in [0.4, 0.5) is 11.4 Å². The van der Waals surface area contributed by atoms with Crippen LogP contribution < -0.4 is 5.32 Å². The van der Waals surface area contributed by atoms with Gasteiger partial charge in [0.25, 0.3) is 5.69 Å². The van der Waals surface area contributed by atoms with Gasteiger partial charge in [0.2, 0.25) is 0 Å². The Morgan fingerprint density at radius 3 is 2.55 bits per heavy atom. The lowest BCUT2D eigenvalue weighted by Gasteiger charge is -2.40. The number of ketones is 1. The standard InChI is InChI=1S/C14H19N3O3/c1-9(18)10-4-5-13(14(6-10)17(19)20)15-11-7-12(8-11)16(2)3/h4-6,11-12,15H,7-8H2,1-3H3. The highest BCUT2D eigenvalue weighted by atomic mass is 16.6. The van der Waals surface area contributed by atoms with Crippen molar-refractivity contribution in [1.82, 2.24) is 4.90 Å². The van der Waals surface area contributed by atoms with Gasteiger partial charge in [0.15, 0.2) is 5.78 Å². The van der Waals surface area contributed by atoms with Crippen molar-refractivity contribution in [2.24, 2.45) is 0 Å². The molecule has 0 heterocycles. The number of rotatable bonds is 5. The number of nitrogens with zero attached hydrogens (tertiary/aromatic N) is 2. The number of nitro benzene ring substituents is 1. The summed E-state index contributed by atoms with van der Waals surface area (Å²) < 4.78 is 0. The van der Waals surface area contributed by atoms with Crippen molar-refractivity contribution in [2.75, 3.05) is 19.4 Å². The third kappa shape index (κ3) is 2.96. The summed E-state index contributed by atoms with van der Waals surface area (Å²) in [5, 5.41) is 14.3. The highest BCUT2D eigenvalue weighted by Crippen LogP contribution is 2.32. The fourth-order valence-corrected chi connectivity index (χ4v) is 2.37. The molecule has 0 bridgehead atoms. The van der Waals surface area contributed by atoms with Gasteiger partial charge in [0.1, 0.15) is 5.69 Å². The van der Waals surface area contributed by atoms with E-state index in [-0.39, 0.29) is 17.5 Å². The first kappa shape index (κ1) is 14.5. The van der Waals surface area contributed by atoms with E-state index < -0.39 is 4.92 Å². The molecule has 0 saturated heterocycles. The molecule has 0 atom stereocenters. The molecule has 20 heavy (non-hydrogen) atoms. The molecule has 1 N–H and O–H groups in total. The molecule has 1 aromatic carbocycles. The largest absolute Gasteiger partial charge is 0.377 e. The normalized spacial score (nSPS) is 21.4. The Kier molecular flexibility index (Phi) is 4.04. The number of nitrogens with one attached hydrogen (secondary N) is 1. The van der Waals surface area contributed by atoms with Gasteiger partial charge in [0, 0.05) is 23.7 Å². The molecule has 1 aliphatic rings. The van der Waals surface area contributed by atoms with Crippen LogP contribution in [-0.4, -0.2) is 41.8 Å². The van der Waals surface area contributed by atoms with E-state index in [1.54, 1.807) is 12.1 Å². The van der Waals surface area contributed by atoms with Crippen molar-refractivity contribution in [3.63, 3.8) is 0 Å². The predicted molar refractivity (Wildman–Crippen MR) is 77.2 cm³/mol. The zero-order chi connectivity index (χ0) is 14.9. The van der Waals surface area contributed by atoms with Gasteiger partial charge < -0.3 is 10.2 Å². The molecule has 1 saturated carbocycles. The number of anilines is 1. The van der Waals surface area contributed by atoms with Gasteiger partial charge in [-0.25, -0.2) is 0 Å². The van der Waals surface area contributed by atoms with Crippen molar-refractivity contribution in [3.05, 3.63) is 33.9 Å². The quantitative estimate of drug-likeness (QED) is 0.508. The fourth-order valence-electron chi connectivity index (χ4n) is 2.37. The monoisotopic (exact) mass is 277 g/mol. The summed E-state index contributed by atoms with van der Waals surface area (Å²) in [5.74, 6) is -0.170. The van der Waals surface area contributed by atoms with Gasteiger partial charge >= 0.3 is 0 Å². The first-order valence-electron chi connectivity index (χ1n) is 6.61. The summed E-state index contributed by atoms with van der Waals surface area (Å²) in [6.45, 7) is 1.40. The Labute approximate surface area is 117 Å². The molecule has 1 aliphatic carbocycles. The Balaban J connectivity index is 2.12. The molecule has 0 spiro atoms. The maximum absolute atomic E-state index is 11.3. The van der Waals surface area contributed by atoms with Crippen LogP contribution in [0.3, 0.4) is 0 Å². The number of carbonyl (C=O) groups excluding carboxylic acids is 1. The molecule has 0 aliphatic heterocycles. The Bertz CT molecular complexity index is 536. The molecular formula is C14H19N3O3. The van der Waals surface area contributed by atoms with E-state index in [9.17, 15) is 14.9 Å². The van der Waals surface area contributed by atoms with E-state index in [4.69, 9.17) is 0 Å². The van der Waals surface area contributed by atoms with Crippen molar-refractivity contribution in [3.8, 4) is 0 Å². The minimum atomic E-state index is -0.448. The number of carbonyl (C=O) groups is 1. The lowest BCUT2D eigenvalue weighted by atomic mass is 9.85. The molecular weight excluding hydrogens is 258 g/mol. The summed E-state index contributed by atoms with van der Waals surface area (Å²) in [6, 6.07) is 5.37. The zero-order valence-corrected chi connectivity index (χ0v) is 11.9. The number of nitro groups is 1. The van der Waals surface area contributed by atoms with Gasteiger partial charge in [-0.1, -0.05) is 0 Å². The molecule has 1 fully saturated rings. The van der Waals surface area contributed by atoms with Crippen LogP contribution in [0, 0.1) is 10.1 Å². The van der Waals surface area contributed by atoms with Crippen molar-refractivity contribution in [2.45, 2.75) is 31.8 Å². The van der Waals surface area contributed by atoms with E-state index in [0.717, 1.165) is 12.8 Å². The molecule has 108 valence electrons. The molecule has 6 heteroatoms. The second-order valence-corrected chi connectivity index (χ2v) is 5.48. The third-order valence-electron chi connectivity index (χ3n) is 3.80.